The van der Waals surface area contributed by atoms with Gasteiger partial charge in [0.2, 0.25) is 0 Å². The Morgan fingerprint density at radius 1 is 1.44 bits per heavy atom. The summed E-state index contributed by atoms with van der Waals surface area (Å²) in [5.74, 6) is 2.92. The molecular weight excluding hydrogens is 359 g/mol. The second kappa shape index (κ2) is 7.83. The van der Waals surface area contributed by atoms with Crippen LogP contribution in [0.15, 0.2) is 23.2 Å². The van der Waals surface area contributed by atoms with E-state index in [1.807, 2.05) is 36.9 Å². The van der Waals surface area contributed by atoms with E-state index in [4.69, 9.17) is 5.73 Å². The van der Waals surface area contributed by atoms with E-state index in [2.05, 4.69) is 14.9 Å². The molecule has 0 atom stereocenters. The number of hydrogen-bond donors (Lipinski definition) is 1. The fourth-order valence-corrected chi connectivity index (χ4v) is 2.65. The minimum absolute atomic E-state index is 0. The van der Waals surface area contributed by atoms with E-state index in [-0.39, 0.29) is 24.0 Å². The number of aliphatic imine (C=N–C) groups is 1. The Balaban J connectivity index is 0.00000162. The molecule has 0 saturated carbocycles. The molecule has 18 heavy (non-hydrogen) atoms. The Kier molecular flexibility index (Phi) is 6.77. The standard InChI is InChI=1S/C12H18N4S.HI/c1-10-3-2-4-11(15-10)9-14-12(13)16-5-7-17-8-6-16;/h2-4H,5-9H2,1H3,(H2,13,14);1H. The van der Waals surface area contributed by atoms with Gasteiger partial charge in [-0.1, -0.05) is 6.07 Å². The van der Waals surface area contributed by atoms with Gasteiger partial charge in [-0.05, 0) is 19.1 Å². The average Bonchev–Trinajstić information content (AvgIpc) is 2.37. The second-order valence-corrected chi connectivity index (χ2v) is 5.27. The molecule has 0 unspecified atom stereocenters. The summed E-state index contributed by atoms with van der Waals surface area (Å²) in [7, 11) is 0. The van der Waals surface area contributed by atoms with E-state index < -0.39 is 0 Å². The van der Waals surface area contributed by atoms with Crippen LogP contribution in [0.5, 0.6) is 0 Å². The number of guanidine groups is 1. The summed E-state index contributed by atoms with van der Waals surface area (Å²) >= 11 is 1.97. The van der Waals surface area contributed by atoms with Crippen molar-refractivity contribution in [1.82, 2.24) is 9.88 Å². The smallest absolute Gasteiger partial charge is 0.191 e. The quantitative estimate of drug-likeness (QED) is 0.485. The lowest BCUT2D eigenvalue weighted by atomic mass is 10.3. The first-order chi connectivity index (χ1) is 8.25. The average molecular weight is 378 g/mol. The van der Waals surface area contributed by atoms with E-state index >= 15 is 0 Å². The lowest BCUT2D eigenvalue weighted by Crippen LogP contribution is -2.42. The van der Waals surface area contributed by atoms with Crippen molar-refractivity contribution in [3.63, 3.8) is 0 Å². The zero-order chi connectivity index (χ0) is 12.1. The minimum atomic E-state index is 0. The number of nitrogens with two attached hydrogens (primary N) is 1. The van der Waals surface area contributed by atoms with Gasteiger partial charge in [-0.25, -0.2) is 4.99 Å². The van der Waals surface area contributed by atoms with Crippen molar-refractivity contribution >= 4 is 41.7 Å². The van der Waals surface area contributed by atoms with Crippen LogP contribution in [0.25, 0.3) is 0 Å². The van der Waals surface area contributed by atoms with Gasteiger partial charge in [0.25, 0.3) is 0 Å². The molecule has 0 spiro atoms. The summed E-state index contributed by atoms with van der Waals surface area (Å²) in [5, 5.41) is 0. The summed E-state index contributed by atoms with van der Waals surface area (Å²) < 4.78 is 0. The third-order valence-corrected chi connectivity index (χ3v) is 3.63. The van der Waals surface area contributed by atoms with Crippen molar-refractivity contribution in [3.05, 3.63) is 29.6 Å². The van der Waals surface area contributed by atoms with Crippen LogP contribution in [0.2, 0.25) is 0 Å². The van der Waals surface area contributed by atoms with Crippen LogP contribution in [0.3, 0.4) is 0 Å². The van der Waals surface area contributed by atoms with Crippen molar-refractivity contribution in [3.8, 4) is 0 Å². The Hall–Kier alpha value is -0.500. The van der Waals surface area contributed by atoms with Crippen LogP contribution in [0, 0.1) is 6.92 Å². The Bertz CT molecular complexity index is 405. The van der Waals surface area contributed by atoms with E-state index in [0.717, 1.165) is 36.0 Å². The molecule has 0 aliphatic carbocycles. The van der Waals surface area contributed by atoms with Gasteiger partial charge in [0, 0.05) is 30.3 Å². The molecule has 2 heterocycles. The van der Waals surface area contributed by atoms with Gasteiger partial charge in [-0.3, -0.25) is 4.98 Å². The zero-order valence-electron chi connectivity index (χ0n) is 10.5. The van der Waals surface area contributed by atoms with E-state index in [1.54, 1.807) is 0 Å². The fourth-order valence-electron chi connectivity index (χ4n) is 1.74. The predicted molar refractivity (Wildman–Crippen MR) is 88.6 cm³/mol. The van der Waals surface area contributed by atoms with Gasteiger partial charge in [0.1, 0.15) is 0 Å². The first-order valence-corrected chi connectivity index (χ1v) is 6.96. The molecule has 2 N–H and O–H groups in total. The second-order valence-electron chi connectivity index (χ2n) is 4.04. The molecule has 1 saturated heterocycles. The Morgan fingerprint density at radius 2 is 2.17 bits per heavy atom. The molecule has 6 heteroatoms. The summed E-state index contributed by atoms with van der Waals surface area (Å²) in [5.41, 5.74) is 7.96. The highest BCUT2D eigenvalue weighted by Gasteiger charge is 2.11. The first kappa shape index (κ1) is 15.6. The topological polar surface area (TPSA) is 54.5 Å². The highest BCUT2D eigenvalue weighted by Crippen LogP contribution is 2.09. The third-order valence-electron chi connectivity index (χ3n) is 2.68. The fraction of sp³-hybridized carbons (Fsp3) is 0.500. The molecule has 1 aromatic heterocycles. The van der Waals surface area contributed by atoms with Crippen LogP contribution >= 0.6 is 35.7 Å². The summed E-state index contributed by atoms with van der Waals surface area (Å²) in [6.45, 7) is 4.55. The maximum absolute atomic E-state index is 5.97. The predicted octanol–water partition coefficient (Wildman–Crippen LogP) is 1.87. The van der Waals surface area contributed by atoms with E-state index in [1.165, 1.54) is 0 Å². The van der Waals surface area contributed by atoms with Crippen molar-refractivity contribution in [2.45, 2.75) is 13.5 Å². The number of aromatic nitrogens is 1. The SMILES string of the molecule is Cc1cccc(CN=C(N)N2CCSCC2)n1.I. The molecule has 0 bridgehead atoms. The number of halogens is 1. The maximum atomic E-state index is 5.97. The molecule has 2 rings (SSSR count). The highest BCUT2D eigenvalue weighted by atomic mass is 127. The first-order valence-electron chi connectivity index (χ1n) is 5.81. The zero-order valence-corrected chi connectivity index (χ0v) is 13.6. The van der Waals surface area contributed by atoms with Crippen molar-refractivity contribution in [2.24, 2.45) is 10.7 Å². The van der Waals surface area contributed by atoms with Crippen LogP contribution in [0.4, 0.5) is 0 Å². The number of rotatable bonds is 2. The molecule has 4 nitrogen and oxygen atoms in total. The highest BCUT2D eigenvalue weighted by molar-refractivity contribution is 14.0. The number of nitrogens with zero attached hydrogens (tertiary/aromatic N) is 3. The van der Waals surface area contributed by atoms with Crippen LogP contribution in [-0.4, -0.2) is 40.4 Å². The van der Waals surface area contributed by atoms with E-state index in [9.17, 15) is 0 Å². The summed E-state index contributed by atoms with van der Waals surface area (Å²) in [6.07, 6.45) is 0. The molecule has 1 aliphatic heterocycles. The monoisotopic (exact) mass is 378 g/mol. The number of aryl methyl sites for hydroxylation is 1. The summed E-state index contributed by atoms with van der Waals surface area (Å²) in [6, 6.07) is 5.97. The van der Waals surface area contributed by atoms with Crippen molar-refractivity contribution in [1.29, 1.82) is 0 Å². The lowest BCUT2D eigenvalue weighted by molar-refractivity contribution is 0.455. The molecule has 100 valence electrons. The van der Waals surface area contributed by atoms with Crippen LogP contribution in [0.1, 0.15) is 11.4 Å². The number of thioether (sulfide) groups is 1. The van der Waals surface area contributed by atoms with Gasteiger partial charge < -0.3 is 10.6 Å². The molecule has 0 radical (unpaired) electrons. The normalized spacial score (nSPS) is 16.3. The largest absolute Gasteiger partial charge is 0.370 e. The van der Waals surface area contributed by atoms with Crippen LogP contribution < -0.4 is 5.73 Å². The molecule has 1 aliphatic rings. The molecule has 0 amide bonds. The molecule has 1 fully saturated rings. The minimum Gasteiger partial charge on any atom is -0.370 e. The van der Waals surface area contributed by atoms with Gasteiger partial charge in [0.05, 0.1) is 12.2 Å². The molecular formula is C12H19IN4S. The van der Waals surface area contributed by atoms with Gasteiger partial charge in [0.15, 0.2) is 5.96 Å². The van der Waals surface area contributed by atoms with Gasteiger partial charge >= 0.3 is 0 Å². The van der Waals surface area contributed by atoms with Crippen molar-refractivity contribution in [2.75, 3.05) is 24.6 Å². The molecule has 1 aromatic rings. The summed E-state index contributed by atoms with van der Waals surface area (Å²) in [4.78, 5) is 11.0. The Labute approximate surface area is 129 Å². The van der Waals surface area contributed by atoms with Gasteiger partial charge in [-0.15, -0.1) is 24.0 Å². The van der Waals surface area contributed by atoms with Crippen molar-refractivity contribution < 1.29 is 0 Å². The Morgan fingerprint density at radius 3 is 2.83 bits per heavy atom. The number of pyridine rings is 1. The lowest BCUT2D eigenvalue weighted by Gasteiger charge is -2.27. The third kappa shape index (κ3) is 4.64. The maximum Gasteiger partial charge on any atom is 0.191 e. The van der Waals surface area contributed by atoms with E-state index in [0.29, 0.717) is 12.5 Å². The van der Waals surface area contributed by atoms with Crippen LogP contribution in [-0.2, 0) is 6.54 Å². The number of hydrogen-bond acceptors (Lipinski definition) is 3. The molecule has 0 aromatic carbocycles. The van der Waals surface area contributed by atoms with Gasteiger partial charge in [-0.2, -0.15) is 11.8 Å².